The summed E-state index contributed by atoms with van der Waals surface area (Å²) in [5, 5.41) is 7.34. The number of sulfone groups is 1. The number of hydrogen-bond acceptors (Lipinski definition) is 4. The first kappa shape index (κ1) is 10.5. The van der Waals surface area contributed by atoms with Crippen molar-refractivity contribution >= 4 is 15.5 Å². The van der Waals surface area contributed by atoms with Crippen molar-refractivity contribution < 1.29 is 8.42 Å². The zero-order chi connectivity index (χ0) is 10.9. The minimum atomic E-state index is -2.76. The van der Waals surface area contributed by atoms with E-state index in [0.717, 1.165) is 5.69 Å². The van der Waals surface area contributed by atoms with Crippen LogP contribution in [0.25, 0.3) is 0 Å². The van der Waals surface area contributed by atoms with E-state index in [2.05, 4.69) is 10.4 Å². The molecule has 1 N–H and O–H groups in total. The second-order valence-corrected chi connectivity index (χ2v) is 6.28. The van der Waals surface area contributed by atoms with Crippen LogP contribution in [-0.2, 0) is 16.9 Å². The highest BCUT2D eigenvalue weighted by Crippen LogP contribution is 2.16. The molecule has 0 amide bonds. The van der Waals surface area contributed by atoms with Crippen LogP contribution in [0.3, 0.4) is 0 Å². The fourth-order valence-electron chi connectivity index (χ4n) is 1.77. The Bertz CT molecular complexity index is 424. The van der Waals surface area contributed by atoms with Gasteiger partial charge in [-0.3, -0.25) is 4.68 Å². The van der Waals surface area contributed by atoms with Crippen LogP contribution in [0.4, 0.5) is 5.69 Å². The first-order valence-corrected chi connectivity index (χ1v) is 6.83. The number of nitrogens with one attached hydrogen (secondary N) is 1. The lowest BCUT2D eigenvalue weighted by Gasteiger charge is -2.23. The summed E-state index contributed by atoms with van der Waals surface area (Å²) in [6, 6.07) is 0.262. The number of aryl methyl sites for hydroxylation is 1. The van der Waals surface area contributed by atoms with Crippen molar-refractivity contribution in [3.8, 4) is 0 Å². The van der Waals surface area contributed by atoms with E-state index in [0.29, 0.717) is 24.3 Å². The zero-order valence-corrected chi connectivity index (χ0v) is 9.50. The Morgan fingerprint density at radius 3 is 2.67 bits per heavy atom. The summed E-state index contributed by atoms with van der Waals surface area (Å²) in [4.78, 5) is 0. The summed E-state index contributed by atoms with van der Waals surface area (Å²) in [5.74, 6) is 0.593. The summed E-state index contributed by atoms with van der Waals surface area (Å²) in [6.45, 7) is 0. The molecule has 0 aliphatic carbocycles. The summed E-state index contributed by atoms with van der Waals surface area (Å²) in [6.07, 6.45) is 5.03. The largest absolute Gasteiger partial charge is 0.380 e. The van der Waals surface area contributed by atoms with E-state index in [1.54, 1.807) is 10.9 Å². The Kier molecular flexibility index (Phi) is 2.68. The average Bonchev–Trinajstić information content (AvgIpc) is 2.55. The number of hydrogen-bond donors (Lipinski definition) is 1. The maximum Gasteiger partial charge on any atom is 0.150 e. The molecule has 0 bridgehead atoms. The molecule has 1 aromatic rings. The third-order valence-corrected chi connectivity index (χ3v) is 4.35. The van der Waals surface area contributed by atoms with Gasteiger partial charge in [0.2, 0.25) is 0 Å². The standard InChI is InChI=1S/C9H15N3O2S/c1-12-7-9(6-10-12)11-8-2-4-15(13,14)5-3-8/h6-8,11H,2-5H2,1H3. The summed E-state index contributed by atoms with van der Waals surface area (Å²) in [5.41, 5.74) is 0.960. The molecule has 0 aromatic carbocycles. The van der Waals surface area contributed by atoms with Crippen LogP contribution in [0.5, 0.6) is 0 Å². The smallest absolute Gasteiger partial charge is 0.150 e. The van der Waals surface area contributed by atoms with E-state index in [1.165, 1.54) is 0 Å². The highest BCUT2D eigenvalue weighted by Gasteiger charge is 2.23. The Morgan fingerprint density at radius 2 is 2.13 bits per heavy atom. The monoisotopic (exact) mass is 229 g/mol. The first-order valence-electron chi connectivity index (χ1n) is 5.01. The maximum absolute atomic E-state index is 11.2. The second kappa shape index (κ2) is 3.84. The van der Waals surface area contributed by atoms with E-state index in [1.807, 2.05) is 13.2 Å². The highest BCUT2D eigenvalue weighted by atomic mass is 32.2. The molecule has 15 heavy (non-hydrogen) atoms. The van der Waals surface area contributed by atoms with E-state index < -0.39 is 9.84 Å². The summed E-state index contributed by atoms with van der Waals surface area (Å²) >= 11 is 0. The number of nitrogens with zero attached hydrogens (tertiary/aromatic N) is 2. The third kappa shape index (κ3) is 2.71. The molecule has 84 valence electrons. The molecule has 1 saturated heterocycles. The molecule has 1 aliphatic heterocycles. The molecule has 2 rings (SSSR count). The van der Waals surface area contributed by atoms with Crippen molar-refractivity contribution in [1.82, 2.24) is 9.78 Å². The molecule has 0 spiro atoms. The minimum Gasteiger partial charge on any atom is -0.380 e. The molecule has 0 unspecified atom stereocenters. The SMILES string of the molecule is Cn1cc(NC2CCS(=O)(=O)CC2)cn1. The predicted octanol–water partition coefficient (Wildman–Crippen LogP) is 0.409. The van der Waals surface area contributed by atoms with Crippen LogP contribution in [0.2, 0.25) is 0 Å². The Morgan fingerprint density at radius 1 is 1.47 bits per heavy atom. The summed E-state index contributed by atoms with van der Waals surface area (Å²) in [7, 11) is -0.906. The van der Waals surface area contributed by atoms with Gasteiger partial charge in [-0.25, -0.2) is 8.42 Å². The average molecular weight is 229 g/mol. The lowest BCUT2D eigenvalue weighted by molar-refractivity contribution is 0.559. The number of anilines is 1. The van der Waals surface area contributed by atoms with Gasteiger partial charge in [0.1, 0.15) is 9.84 Å². The van der Waals surface area contributed by atoms with Crippen molar-refractivity contribution in [1.29, 1.82) is 0 Å². The van der Waals surface area contributed by atoms with Gasteiger partial charge in [0, 0.05) is 19.3 Å². The lowest BCUT2D eigenvalue weighted by atomic mass is 10.1. The molecular formula is C9H15N3O2S. The predicted molar refractivity (Wildman–Crippen MR) is 58.5 cm³/mol. The molecule has 0 radical (unpaired) electrons. The lowest BCUT2D eigenvalue weighted by Crippen LogP contribution is -2.31. The second-order valence-electron chi connectivity index (χ2n) is 3.97. The van der Waals surface area contributed by atoms with Gasteiger partial charge in [-0.1, -0.05) is 0 Å². The molecule has 1 aliphatic rings. The first-order chi connectivity index (χ1) is 7.05. The van der Waals surface area contributed by atoms with Crippen LogP contribution in [-0.4, -0.2) is 35.7 Å². The van der Waals surface area contributed by atoms with Crippen molar-refractivity contribution in [2.45, 2.75) is 18.9 Å². The molecule has 5 nitrogen and oxygen atoms in total. The fraction of sp³-hybridized carbons (Fsp3) is 0.667. The van der Waals surface area contributed by atoms with Crippen molar-refractivity contribution in [3.63, 3.8) is 0 Å². The minimum absolute atomic E-state index is 0.262. The van der Waals surface area contributed by atoms with E-state index in [-0.39, 0.29) is 6.04 Å². The zero-order valence-electron chi connectivity index (χ0n) is 8.68. The number of rotatable bonds is 2. The third-order valence-electron chi connectivity index (χ3n) is 2.63. The van der Waals surface area contributed by atoms with E-state index >= 15 is 0 Å². The topological polar surface area (TPSA) is 64.0 Å². The van der Waals surface area contributed by atoms with Crippen LogP contribution in [0.1, 0.15) is 12.8 Å². The van der Waals surface area contributed by atoms with Crippen LogP contribution < -0.4 is 5.32 Å². The normalized spacial score (nSPS) is 21.4. The maximum atomic E-state index is 11.2. The van der Waals surface area contributed by atoms with Crippen molar-refractivity contribution in [3.05, 3.63) is 12.4 Å². The summed E-state index contributed by atoms with van der Waals surface area (Å²) < 4.78 is 24.1. The van der Waals surface area contributed by atoms with E-state index in [4.69, 9.17) is 0 Å². The van der Waals surface area contributed by atoms with Gasteiger partial charge in [0.15, 0.2) is 0 Å². The molecule has 1 fully saturated rings. The quantitative estimate of drug-likeness (QED) is 0.797. The molecular weight excluding hydrogens is 214 g/mol. The van der Waals surface area contributed by atoms with Gasteiger partial charge in [-0.05, 0) is 12.8 Å². The fourth-order valence-corrected chi connectivity index (χ4v) is 3.26. The Balaban J connectivity index is 1.92. The van der Waals surface area contributed by atoms with Crippen LogP contribution in [0, 0.1) is 0 Å². The molecule has 6 heteroatoms. The van der Waals surface area contributed by atoms with Gasteiger partial charge in [-0.2, -0.15) is 5.10 Å². The van der Waals surface area contributed by atoms with Gasteiger partial charge in [-0.15, -0.1) is 0 Å². The Labute approximate surface area is 89.4 Å². The Hall–Kier alpha value is -1.04. The highest BCUT2D eigenvalue weighted by molar-refractivity contribution is 7.91. The van der Waals surface area contributed by atoms with Gasteiger partial charge < -0.3 is 5.32 Å². The van der Waals surface area contributed by atoms with Crippen molar-refractivity contribution in [2.24, 2.45) is 7.05 Å². The van der Waals surface area contributed by atoms with Gasteiger partial charge in [0.25, 0.3) is 0 Å². The van der Waals surface area contributed by atoms with E-state index in [9.17, 15) is 8.42 Å². The van der Waals surface area contributed by atoms with Crippen LogP contribution >= 0.6 is 0 Å². The molecule has 1 aromatic heterocycles. The molecule has 2 heterocycles. The molecule has 0 saturated carbocycles. The number of aromatic nitrogens is 2. The van der Waals surface area contributed by atoms with Gasteiger partial charge in [0.05, 0.1) is 23.4 Å². The van der Waals surface area contributed by atoms with Crippen molar-refractivity contribution in [2.75, 3.05) is 16.8 Å². The van der Waals surface area contributed by atoms with Gasteiger partial charge >= 0.3 is 0 Å². The molecule has 0 atom stereocenters. The van der Waals surface area contributed by atoms with Crippen LogP contribution in [0.15, 0.2) is 12.4 Å².